The molecule has 0 N–H and O–H groups in total. The van der Waals surface area contributed by atoms with Crippen LogP contribution in [0, 0.1) is 5.92 Å². The molecule has 4 heterocycles. The van der Waals surface area contributed by atoms with E-state index in [-0.39, 0.29) is 0 Å². The van der Waals surface area contributed by atoms with E-state index >= 15 is 0 Å². The van der Waals surface area contributed by atoms with E-state index in [0.29, 0.717) is 10.9 Å². The Hall–Kier alpha value is -3.57. The van der Waals surface area contributed by atoms with Crippen LogP contribution in [0.5, 0.6) is 0 Å². The van der Waals surface area contributed by atoms with Crippen molar-refractivity contribution in [3.05, 3.63) is 112 Å². The zero-order valence-corrected chi connectivity index (χ0v) is 24.3. The van der Waals surface area contributed by atoms with Gasteiger partial charge in [-0.25, -0.2) is 9.97 Å². The van der Waals surface area contributed by atoms with Crippen LogP contribution in [0.4, 0.5) is 0 Å². The highest BCUT2D eigenvalue weighted by Crippen LogP contribution is 2.36. The van der Waals surface area contributed by atoms with Gasteiger partial charge in [0.25, 0.3) is 0 Å². The second-order valence-electron chi connectivity index (χ2n) is 10.3. The normalized spacial score (nSPS) is 16.9. The maximum atomic E-state index is 6.58. The molecule has 0 amide bonds. The molecule has 6 heteroatoms. The molecule has 0 saturated carbocycles. The van der Waals surface area contributed by atoms with Crippen molar-refractivity contribution in [1.29, 1.82) is 0 Å². The molecule has 0 spiro atoms. The standard InChI is InChI=1S/C33H37ClN5/c1-6-24(7-2)29-18-25(17-27-13-14-32(23(5)36-27)39-19-26(8-3)35-21-39)33-37-31(20-38(33)16-15-22(29)4)28-11-9-10-12-30(28)34/h9-14,17-21,24H,6-8,15-16H2,1-5H3/q-1. The number of aryl methyl sites for hydroxylation is 2. The molecule has 2 aromatic heterocycles. The fourth-order valence-electron chi connectivity index (χ4n) is 5.47. The van der Waals surface area contributed by atoms with E-state index in [1.165, 1.54) is 11.1 Å². The smallest absolute Gasteiger partial charge is 0.140 e. The molecule has 0 bridgehead atoms. The maximum absolute atomic E-state index is 6.58. The molecule has 0 aliphatic carbocycles. The number of fused-ring (bicyclic) bond motifs is 1. The maximum Gasteiger partial charge on any atom is 0.140 e. The molecule has 2 aliphatic rings. The summed E-state index contributed by atoms with van der Waals surface area (Å²) in [6.07, 6.45) is 19.0. The largest absolute Gasteiger partial charge is 0.660 e. The van der Waals surface area contributed by atoms with Gasteiger partial charge in [-0.05, 0) is 62.3 Å². The molecule has 0 radical (unpaired) electrons. The second-order valence-corrected chi connectivity index (χ2v) is 10.7. The molecule has 0 fully saturated rings. The van der Waals surface area contributed by atoms with E-state index in [4.69, 9.17) is 21.9 Å². The van der Waals surface area contributed by atoms with Crippen molar-refractivity contribution in [1.82, 2.24) is 19.1 Å². The van der Waals surface area contributed by atoms with Crippen molar-refractivity contribution in [3.63, 3.8) is 0 Å². The first-order valence-electron chi connectivity index (χ1n) is 14.0. The van der Waals surface area contributed by atoms with Gasteiger partial charge < -0.3 is 14.5 Å². The number of hydrogen-bond acceptors (Lipinski definition) is 2. The molecule has 2 aliphatic heterocycles. The van der Waals surface area contributed by atoms with Crippen LogP contribution in [0.1, 0.15) is 65.4 Å². The molecule has 1 aromatic carbocycles. The lowest BCUT2D eigenvalue weighted by atomic mass is 9.87. The summed E-state index contributed by atoms with van der Waals surface area (Å²) in [6, 6.07) is 7.92. The summed E-state index contributed by atoms with van der Waals surface area (Å²) >= 11 is 6.58. The fraction of sp³-hybridized carbons (Fsp3) is 0.333. The van der Waals surface area contributed by atoms with E-state index in [9.17, 15) is 0 Å². The van der Waals surface area contributed by atoms with E-state index in [1.807, 2.05) is 30.6 Å². The van der Waals surface area contributed by atoms with Gasteiger partial charge in [-0.15, -0.1) is 11.4 Å². The van der Waals surface area contributed by atoms with Crippen LogP contribution in [-0.4, -0.2) is 19.1 Å². The average molecular weight is 539 g/mol. The minimum atomic E-state index is 0.518. The molecular weight excluding hydrogens is 502 g/mol. The predicted octanol–water partition coefficient (Wildman–Crippen LogP) is 9.22. The SMILES string of the molecule is CCc1cn(C2=C(C)[N-]C(=CC3=CC(C(CC)CC)=C(C)CCn4cc(-c5ccccc5Cl)nc43)C=C2)cn1. The minimum Gasteiger partial charge on any atom is -0.660 e. The third kappa shape index (κ3) is 5.60. The van der Waals surface area contributed by atoms with Gasteiger partial charge >= 0.3 is 0 Å². The van der Waals surface area contributed by atoms with Crippen LogP contribution >= 0.6 is 11.6 Å². The quantitative estimate of drug-likeness (QED) is 0.301. The van der Waals surface area contributed by atoms with Crippen LogP contribution in [0.25, 0.3) is 27.8 Å². The third-order valence-electron chi connectivity index (χ3n) is 7.80. The third-order valence-corrected chi connectivity index (χ3v) is 8.13. The Bertz CT molecular complexity index is 1520. The zero-order valence-electron chi connectivity index (χ0n) is 23.6. The van der Waals surface area contributed by atoms with E-state index in [1.54, 1.807) is 0 Å². The summed E-state index contributed by atoms with van der Waals surface area (Å²) in [7, 11) is 0. The van der Waals surface area contributed by atoms with Crippen molar-refractivity contribution < 1.29 is 0 Å². The Balaban J connectivity index is 1.58. The molecule has 5 rings (SSSR count). The number of allylic oxidation sites excluding steroid dienone is 9. The van der Waals surface area contributed by atoms with E-state index in [2.05, 4.69) is 85.4 Å². The lowest BCUT2D eigenvalue weighted by Gasteiger charge is -2.31. The molecule has 3 aromatic rings. The molecular formula is C33H37ClN5-. The molecule has 0 unspecified atom stereocenters. The lowest BCUT2D eigenvalue weighted by Crippen LogP contribution is -2.10. The summed E-state index contributed by atoms with van der Waals surface area (Å²) in [5, 5.41) is 5.71. The van der Waals surface area contributed by atoms with Gasteiger partial charge in [0.05, 0.1) is 22.7 Å². The fourth-order valence-corrected chi connectivity index (χ4v) is 5.70. The molecule has 0 atom stereocenters. The van der Waals surface area contributed by atoms with Crippen LogP contribution in [0.3, 0.4) is 0 Å². The second kappa shape index (κ2) is 11.7. The summed E-state index contributed by atoms with van der Waals surface area (Å²) in [4.78, 5) is 9.63. The molecule has 202 valence electrons. The predicted molar refractivity (Wildman–Crippen MR) is 163 cm³/mol. The van der Waals surface area contributed by atoms with Crippen LogP contribution in [-0.2, 0) is 13.0 Å². The van der Waals surface area contributed by atoms with Crippen molar-refractivity contribution >= 4 is 22.9 Å². The average Bonchev–Trinajstić information content (AvgIpc) is 3.58. The van der Waals surface area contributed by atoms with Crippen LogP contribution in [0.2, 0.25) is 5.02 Å². The first-order valence-corrected chi connectivity index (χ1v) is 14.4. The summed E-state index contributed by atoms with van der Waals surface area (Å²) in [5.41, 5.74) is 9.78. The molecule has 0 saturated heterocycles. The summed E-state index contributed by atoms with van der Waals surface area (Å²) < 4.78 is 4.33. The Labute approximate surface area is 237 Å². The number of aromatic nitrogens is 4. The van der Waals surface area contributed by atoms with Crippen LogP contribution < -0.4 is 0 Å². The van der Waals surface area contributed by atoms with Crippen molar-refractivity contribution in [3.8, 4) is 11.3 Å². The van der Waals surface area contributed by atoms with Crippen molar-refractivity contribution in [2.45, 2.75) is 66.8 Å². The Morgan fingerprint density at radius 3 is 2.56 bits per heavy atom. The van der Waals surface area contributed by atoms with E-state index < -0.39 is 0 Å². The first kappa shape index (κ1) is 27.0. The highest BCUT2D eigenvalue weighted by Gasteiger charge is 2.20. The lowest BCUT2D eigenvalue weighted by molar-refractivity contribution is 0.568. The minimum absolute atomic E-state index is 0.518. The monoisotopic (exact) mass is 538 g/mol. The van der Waals surface area contributed by atoms with E-state index in [0.717, 1.165) is 77.7 Å². The van der Waals surface area contributed by atoms with Gasteiger partial charge in [-0.3, -0.25) is 0 Å². The highest BCUT2D eigenvalue weighted by molar-refractivity contribution is 6.33. The Morgan fingerprint density at radius 1 is 1.08 bits per heavy atom. The summed E-state index contributed by atoms with van der Waals surface area (Å²) in [6.45, 7) is 11.9. The number of nitrogens with zero attached hydrogens (tertiary/aromatic N) is 5. The van der Waals surface area contributed by atoms with Crippen LogP contribution in [0.15, 0.2) is 89.8 Å². The van der Waals surface area contributed by atoms with Gasteiger partial charge in [0.1, 0.15) is 5.82 Å². The number of halogens is 1. The molecule has 39 heavy (non-hydrogen) atoms. The van der Waals surface area contributed by atoms with Gasteiger partial charge in [0.2, 0.25) is 0 Å². The van der Waals surface area contributed by atoms with Gasteiger partial charge in [-0.2, -0.15) is 0 Å². The topological polar surface area (TPSA) is 49.7 Å². The zero-order chi connectivity index (χ0) is 27.5. The number of rotatable bonds is 7. The number of benzene rings is 1. The van der Waals surface area contributed by atoms with Gasteiger partial charge in [0, 0.05) is 35.8 Å². The Morgan fingerprint density at radius 2 is 1.87 bits per heavy atom. The highest BCUT2D eigenvalue weighted by atomic mass is 35.5. The number of imidazole rings is 2. The van der Waals surface area contributed by atoms with Crippen molar-refractivity contribution in [2.75, 3.05) is 0 Å². The van der Waals surface area contributed by atoms with Crippen molar-refractivity contribution in [2.24, 2.45) is 5.92 Å². The molecule has 5 nitrogen and oxygen atoms in total. The summed E-state index contributed by atoms with van der Waals surface area (Å²) in [5.74, 6) is 1.47. The first-order chi connectivity index (χ1) is 18.9. The number of hydrogen-bond donors (Lipinski definition) is 0. The van der Waals surface area contributed by atoms with Gasteiger partial charge in [-0.1, -0.05) is 75.2 Å². The Kier molecular flexibility index (Phi) is 8.08. The van der Waals surface area contributed by atoms with Gasteiger partial charge in [0.15, 0.2) is 0 Å².